The molecule has 6 spiro atoms. The molecule has 0 unspecified atom stereocenters. The summed E-state index contributed by atoms with van der Waals surface area (Å²) in [5.41, 5.74) is 5.29. The first-order chi connectivity index (χ1) is 7.95. The molecule has 90 valence electrons. The van der Waals surface area contributed by atoms with Crippen LogP contribution in [0.1, 0.15) is 51.4 Å². The standard InChI is InChI=1S/C15H16Br2/c16-15(17)8-14(15)7-13(14)6-12(13)5-11(12)4-10(11)3-9(10)1-2-9/h1-8H2/t10-,11-,12-,13-,14+/m0/s1. The van der Waals surface area contributed by atoms with E-state index < -0.39 is 0 Å². The Morgan fingerprint density at radius 3 is 1.47 bits per heavy atom. The van der Waals surface area contributed by atoms with Gasteiger partial charge in [-0.05, 0) is 78.4 Å². The summed E-state index contributed by atoms with van der Waals surface area (Å²) in [5, 5.41) is 0. The highest BCUT2D eigenvalue weighted by Gasteiger charge is 3.12. The third-order valence-electron chi connectivity index (χ3n) is 9.06. The molecule has 5 atom stereocenters. The summed E-state index contributed by atoms with van der Waals surface area (Å²) in [4.78, 5) is 0. The molecule has 0 aromatic rings. The Kier molecular flexibility index (Phi) is 0.881. The summed E-state index contributed by atoms with van der Waals surface area (Å²) in [6, 6.07) is 0. The Bertz CT molecular complexity index is 523. The maximum Gasteiger partial charge on any atom is 0.0874 e. The zero-order valence-electron chi connectivity index (χ0n) is 9.91. The van der Waals surface area contributed by atoms with Crippen molar-refractivity contribution in [2.45, 2.75) is 54.6 Å². The van der Waals surface area contributed by atoms with Crippen LogP contribution in [0.15, 0.2) is 0 Å². The first-order valence-electron chi connectivity index (χ1n) is 7.33. The number of rotatable bonds is 0. The Labute approximate surface area is 119 Å². The van der Waals surface area contributed by atoms with Crippen LogP contribution in [0.3, 0.4) is 0 Å². The first kappa shape index (κ1) is 9.00. The Morgan fingerprint density at radius 2 is 1.00 bits per heavy atom. The summed E-state index contributed by atoms with van der Waals surface area (Å²) < 4.78 is 0.364. The molecular weight excluding hydrogens is 340 g/mol. The van der Waals surface area contributed by atoms with Crippen LogP contribution in [0.4, 0.5) is 0 Å². The van der Waals surface area contributed by atoms with Crippen LogP contribution in [0.5, 0.6) is 0 Å². The molecule has 7 rings (SSSR count). The second-order valence-corrected chi connectivity index (χ2v) is 12.7. The molecule has 7 fully saturated rings. The summed E-state index contributed by atoms with van der Waals surface area (Å²) in [6.45, 7) is 0. The van der Waals surface area contributed by atoms with Gasteiger partial charge in [-0.3, -0.25) is 0 Å². The molecule has 17 heavy (non-hydrogen) atoms. The van der Waals surface area contributed by atoms with Crippen molar-refractivity contribution in [2.75, 3.05) is 0 Å². The van der Waals surface area contributed by atoms with Crippen molar-refractivity contribution < 1.29 is 0 Å². The lowest BCUT2D eigenvalue weighted by Crippen LogP contribution is -1.96. The molecule has 7 saturated carbocycles. The number of halogens is 2. The number of hydrogen-bond donors (Lipinski definition) is 0. The van der Waals surface area contributed by atoms with Crippen molar-refractivity contribution in [2.24, 2.45) is 32.5 Å². The van der Waals surface area contributed by atoms with Crippen molar-refractivity contribution in [1.82, 2.24) is 0 Å². The molecule has 7 aliphatic rings. The van der Waals surface area contributed by atoms with E-state index in [9.17, 15) is 0 Å². The highest BCUT2D eigenvalue weighted by molar-refractivity contribution is 9.25. The van der Waals surface area contributed by atoms with Crippen LogP contribution in [-0.4, -0.2) is 3.23 Å². The second kappa shape index (κ2) is 1.66. The number of fused-ring (bicyclic) bond motifs is 5. The number of hydrogen-bond acceptors (Lipinski definition) is 0. The fourth-order valence-electron chi connectivity index (χ4n) is 7.77. The van der Waals surface area contributed by atoms with Gasteiger partial charge in [-0.15, -0.1) is 0 Å². The van der Waals surface area contributed by atoms with Gasteiger partial charge < -0.3 is 0 Å². The van der Waals surface area contributed by atoms with Gasteiger partial charge >= 0.3 is 0 Å². The van der Waals surface area contributed by atoms with Gasteiger partial charge in [-0.2, -0.15) is 0 Å². The van der Waals surface area contributed by atoms with Crippen molar-refractivity contribution in [3.05, 3.63) is 0 Å². The van der Waals surface area contributed by atoms with Crippen molar-refractivity contribution >= 4 is 31.9 Å². The molecule has 0 aliphatic heterocycles. The SMILES string of the molecule is BrC1(Br)C[C@@]12C[C@]21C[C@]12C[C@]21C[C@]12CC21CC1. The van der Waals surface area contributed by atoms with E-state index in [-0.39, 0.29) is 0 Å². The van der Waals surface area contributed by atoms with Crippen LogP contribution >= 0.6 is 31.9 Å². The Balaban J connectivity index is 1.30. The molecule has 0 bridgehead atoms. The van der Waals surface area contributed by atoms with E-state index in [0.29, 0.717) is 3.23 Å². The smallest absolute Gasteiger partial charge is 0.0721 e. The Hall–Kier alpha value is 0.960. The normalized spacial score (nSPS) is 79.4. The average Bonchev–Trinajstić information content (AvgIpc) is 2.98. The lowest BCUT2D eigenvalue weighted by Gasteiger charge is -1.98. The Morgan fingerprint density at radius 1 is 0.529 bits per heavy atom. The summed E-state index contributed by atoms with van der Waals surface area (Å²) in [7, 11) is 0. The zero-order chi connectivity index (χ0) is 11.2. The van der Waals surface area contributed by atoms with E-state index in [4.69, 9.17) is 0 Å². The molecule has 0 aromatic heterocycles. The molecule has 0 amide bonds. The van der Waals surface area contributed by atoms with Crippen LogP contribution < -0.4 is 0 Å². The van der Waals surface area contributed by atoms with E-state index in [1.165, 1.54) is 6.42 Å². The molecular formula is C15H16Br2. The average molecular weight is 356 g/mol. The minimum Gasteiger partial charge on any atom is -0.0721 e. The van der Waals surface area contributed by atoms with Gasteiger partial charge in [0.25, 0.3) is 0 Å². The van der Waals surface area contributed by atoms with E-state index >= 15 is 0 Å². The topological polar surface area (TPSA) is 0 Å². The first-order valence-corrected chi connectivity index (χ1v) is 8.91. The fraction of sp³-hybridized carbons (Fsp3) is 1.00. The van der Waals surface area contributed by atoms with Gasteiger partial charge in [-0.1, -0.05) is 31.9 Å². The third kappa shape index (κ3) is 0.538. The minimum absolute atomic E-state index is 0.364. The minimum atomic E-state index is 0.364. The van der Waals surface area contributed by atoms with E-state index in [1.54, 1.807) is 44.9 Å². The number of alkyl halides is 2. The van der Waals surface area contributed by atoms with Gasteiger partial charge in [0, 0.05) is 5.41 Å². The third-order valence-corrected chi connectivity index (χ3v) is 11.1. The van der Waals surface area contributed by atoms with Crippen LogP contribution in [0.25, 0.3) is 0 Å². The fourth-order valence-corrected chi connectivity index (χ4v) is 9.77. The van der Waals surface area contributed by atoms with Crippen molar-refractivity contribution in [3.8, 4) is 0 Å². The zero-order valence-corrected chi connectivity index (χ0v) is 13.1. The monoisotopic (exact) mass is 354 g/mol. The highest BCUT2D eigenvalue weighted by Crippen LogP contribution is 3.18. The predicted molar refractivity (Wildman–Crippen MR) is 72.1 cm³/mol. The highest BCUT2D eigenvalue weighted by atomic mass is 79.9. The quantitative estimate of drug-likeness (QED) is 0.557. The van der Waals surface area contributed by atoms with Gasteiger partial charge in [-0.25, -0.2) is 0 Å². The molecule has 0 heterocycles. The molecule has 2 heteroatoms. The maximum atomic E-state index is 3.92. The van der Waals surface area contributed by atoms with Gasteiger partial charge in [0.2, 0.25) is 0 Å². The lowest BCUT2D eigenvalue weighted by molar-refractivity contribution is 0.511. The largest absolute Gasteiger partial charge is 0.0874 e. The van der Waals surface area contributed by atoms with Crippen LogP contribution in [0, 0.1) is 32.5 Å². The maximum absolute atomic E-state index is 3.92. The van der Waals surface area contributed by atoms with Gasteiger partial charge in [0.1, 0.15) is 0 Å². The van der Waals surface area contributed by atoms with E-state index in [1.807, 2.05) is 0 Å². The van der Waals surface area contributed by atoms with Gasteiger partial charge in [0.15, 0.2) is 0 Å². The van der Waals surface area contributed by atoms with E-state index in [0.717, 1.165) is 32.5 Å². The second-order valence-electron chi connectivity index (χ2n) is 8.96. The van der Waals surface area contributed by atoms with Crippen molar-refractivity contribution in [3.63, 3.8) is 0 Å². The molecule has 0 N–H and O–H groups in total. The molecule has 0 saturated heterocycles. The lowest BCUT2D eigenvalue weighted by atomic mass is 10.1. The summed E-state index contributed by atoms with van der Waals surface area (Å²) >= 11 is 7.84. The van der Waals surface area contributed by atoms with E-state index in [2.05, 4.69) is 31.9 Å². The van der Waals surface area contributed by atoms with Crippen LogP contribution in [0.2, 0.25) is 0 Å². The molecule has 0 aromatic carbocycles. The molecule has 0 radical (unpaired) electrons. The molecule has 7 aliphatic carbocycles. The van der Waals surface area contributed by atoms with Crippen LogP contribution in [-0.2, 0) is 0 Å². The summed E-state index contributed by atoms with van der Waals surface area (Å²) in [5.74, 6) is 0. The predicted octanol–water partition coefficient (Wildman–Crippen LogP) is 4.61. The molecule has 0 nitrogen and oxygen atoms in total. The summed E-state index contributed by atoms with van der Waals surface area (Å²) in [6.07, 6.45) is 12.8. The van der Waals surface area contributed by atoms with Gasteiger partial charge in [0.05, 0.1) is 3.23 Å². The van der Waals surface area contributed by atoms with Crippen molar-refractivity contribution in [1.29, 1.82) is 0 Å².